The summed E-state index contributed by atoms with van der Waals surface area (Å²) in [4.78, 5) is 6.96. The molecule has 30 heavy (non-hydrogen) atoms. The molecule has 0 aliphatic carbocycles. The number of benzene rings is 1. The van der Waals surface area contributed by atoms with Crippen LogP contribution in [0.4, 0.5) is 11.4 Å². The highest BCUT2D eigenvalue weighted by Crippen LogP contribution is 2.42. The summed E-state index contributed by atoms with van der Waals surface area (Å²) in [5, 5.41) is 3.38. The van der Waals surface area contributed by atoms with E-state index in [2.05, 4.69) is 66.3 Å². The lowest BCUT2D eigenvalue weighted by molar-refractivity contribution is 0.0106. The van der Waals surface area contributed by atoms with E-state index in [9.17, 15) is 0 Å². The second-order valence-electron chi connectivity index (χ2n) is 7.32. The third-order valence-corrected chi connectivity index (χ3v) is 4.35. The number of nitrogens with zero attached hydrogens (tertiary/aromatic N) is 5. The first-order valence-corrected chi connectivity index (χ1v) is 10.4. The number of rotatable bonds is 15. The van der Waals surface area contributed by atoms with E-state index >= 15 is 0 Å². The number of ether oxygens (including phenoxy) is 4. The maximum Gasteiger partial charge on any atom is 0.209 e. The van der Waals surface area contributed by atoms with Crippen molar-refractivity contribution >= 4 is 11.4 Å². The Morgan fingerprint density at radius 2 is 1.43 bits per heavy atom. The van der Waals surface area contributed by atoms with Gasteiger partial charge in [0.25, 0.3) is 0 Å². The van der Waals surface area contributed by atoms with Crippen molar-refractivity contribution in [2.24, 2.45) is 5.11 Å². The van der Waals surface area contributed by atoms with Crippen LogP contribution in [-0.4, -0.2) is 64.9 Å². The van der Waals surface area contributed by atoms with Crippen molar-refractivity contribution in [3.05, 3.63) is 35.3 Å². The van der Waals surface area contributed by atoms with Crippen LogP contribution in [-0.2, 0) is 14.2 Å². The highest BCUT2D eigenvalue weighted by atomic mass is 16.6. The van der Waals surface area contributed by atoms with Gasteiger partial charge in [-0.15, -0.1) is 0 Å². The van der Waals surface area contributed by atoms with Gasteiger partial charge in [0.15, 0.2) is 0 Å². The molecule has 1 heterocycles. The van der Waals surface area contributed by atoms with E-state index in [1.165, 1.54) is 0 Å². The van der Waals surface area contributed by atoms with Crippen molar-refractivity contribution in [1.29, 1.82) is 0 Å². The van der Waals surface area contributed by atoms with E-state index in [0.29, 0.717) is 64.9 Å². The zero-order chi connectivity index (χ0) is 21.8. The van der Waals surface area contributed by atoms with Crippen LogP contribution in [0.25, 0.3) is 10.4 Å². The Morgan fingerprint density at radius 1 is 0.867 bits per heavy atom. The first-order chi connectivity index (χ1) is 14.5. The van der Waals surface area contributed by atoms with Gasteiger partial charge in [0, 0.05) is 29.6 Å². The fraction of sp³-hybridized carbons (Fsp3) is 0.667. The molecule has 1 aliphatic rings. The summed E-state index contributed by atoms with van der Waals surface area (Å²) in [7, 11) is 0. The first kappa shape index (κ1) is 24.1. The average Bonchev–Trinajstić information content (AvgIpc) is 3.11. The third-order valence-electron chi connectivity index (χ3n) is 4.35. The lowest BCUT2D eigenvalue weighted by Crippen LogP contribution is -2.33. The smallest absolute Gasteiger partial charge is 0.209 e. The zero-order valence-electron chi connectivity index (χ0n) is 18.4. The summed E-state index contributed by atoms with van der Waals surface area (Å²) in [6, 6.07) is 6.81. The lowest BCUT2D eigenvalue weighted by Gasteiger charge is -2.24. The molecule has 9 nitrogen and oxygen atoms in total. The molecule has 1 aromatic carbocycles. The SMILES string of the molecule is CC(C)N1[C]N(C(C)C)c2cc(OCCOCCOCCOCCN=[N+]=[N-])ccc21. The largest absolute Gasteiger partial charge is 0.491 e. The van der Waals surface area contributed by atoms with Crippen LogP contribution in [0.3, 0.4) is 0 Å². The Morgan fingerprint density at radius 3 is 2.03 bits per heavy atom. The van der Waals surface area contributed by atoms with Crippen LogP contribution in [0.5, 0.6) is 5.75 Å². The van der Waals surface area contributed by atoms with E-state index in [0.717, 1.165) is 17.1 Å². The van der Waals surface area contributed by atoms with Crippen LogP contribution in [0.15, 0.2) is 23.3 Å². The lowest BCUT2D eigenvalue weighted by atomic mass is 10.2. The second kappa shape index (κ2) is 13.2. The molecule has 1 aromatic rings. The minimum absolute atomic E-state index is 0.322. The highest BCUT2D eigenvalue weighted by molar-refractivity contribution is 5.80. The van der Waals surface area contributed by atoms with Gasteiger partial charge in [0.2, 0.25) is 6.67 Å². The third kappa shape index (κ3) is 7.57. The molecule has 0 bridgehead atoms. The Hall–Kier alpha value is -2.19. The summed E-state index contributed by atoms with van der Waals surface area (Å²) < 4.78 is 22.0. The molecule has 2 rings (SSSR count). The van der Waals surface area contributed by atoms with E-state index in [1.807, 2.05) is 6.07 Å². The molecular formula is C21H33N5O4. The molecule has 0 atom stereocenters. The normalized spacial score (nSPS) is 13.1. The number of anilines is 2. The molecule has 0 fully saturated rings. The number of fused-ring (bicyclic) bond motifs is 1. The summed E-state index contributed by atoms with van der Waals surface area (Å²) >= 11 is 0. The molecule has 0 saturated heterocycles. The Kier molecular flexibility index (Phi) is 10.6. The van der Waals surface area contributed by atoms with Crippen LogP contribution >= 0.6 is 0 Å². The maximum atomic E-state index is 8.14. The van der Waals surface area contributed by atoms with E-state index in [1.54, 1.807) is 0 Å². The van der Waals surface area contributed by atoms with Crippen molar-refractivity contribution in [1.82, 2.24) is 0 Å². The molecule has 1 aliphatic heterocycles. The quantitative estimate of drug-likeness (QED) is 0.185. The Bertz CT molecular complexity index is 679. The Labute approximate surface area is 179 Å². The van der Waals surface area contributed by atoms with Gasteiger partial charge in [0.05, 0.1) is 51.0 Å². The molecule has 0 N–H and O–H groups in total. The predicted octanol–water partition coefficient (Wildman–Crippen LogP) is 3.86. The molecule has 0 aromatic heterocycles. The second-order valence-corrected chi connectivity index (χ2v) is 7.32. The molecule has 166 valence electrons. The minimum atomic E-state index is 0.322. The number of hydrogen-bond acceptors (Lipinski definition) is 7. The van der Waals surface area contributed by atoms with Gasteiger partial charge < -0.3 is 28.7 Å². The molecular weight excluding hydrogens is 386 g/mol. The fourth-order valence-electron chi connectivity index (χ4n) is 2.91. The van der Waals surface area contributed by atoms with Crippen molar-refractivity contribution in [3.63, 3.8) is 0 Å². The van der Waals surface area contributed by atoms with E-state index in [-0.39, 0.29) is 0 Å². The van der Waals surface area contributed by atoms with Gasteiger partial charge in [-0.25, -0.2) is 0 Å². The molecule has 9 heteroatoms. The standard InChI is InChI=1S/C21H33N5O4/c1-17(2)25-16-26(18(3)4)21-15-19(5-6-20(21)25)30-14-13-29-12-11-28-10-9-27-8-7-23-24-22/h5-6,15,17-18H,7-14H2,1-4H3. The topological polar surface area (TPSA) is 92.2 Å². The van der Waals surface area contributed by atoms with Crippen LogP contribution in [0.1, 0.15) is 27.7 Å². The van der Waals surface area contributed by atoms with Gasteiger partial charge in [-0.2, -0.15) is 0 Å². The number of azide groups is 1. The zero-order valence-corrected chi connectivity index (χ0v) is 18.4. The Balaban J connectivity index is 1.61. The minimum Gasteiger partial charge on any atom is -0.491 e. The summed E-state index contributed by atoms with van der Waals surface area (Å²) in [6.45, 7) is 15.7. The van der Waals surface area contributed by atoms with Gasteiger partial charge in [-0.05, 0) is 45.4 Å². The predicted molar refractivity (Wildman–Crippen MR) is 117 cm³/mol. The average molecular weight is 420 g/mol. The van der Waals surface area contributed by atoms with Crippen LogP contribution < -0.4 is 14.5 Å². The molecule has 0 spiro atoms. The van der Waals surface area contributed by atoms with Crippen molar-refractivity contribution in [2.45, 2.75) is 39.8 Å². The van der Waals surface area contributed by atoms with Gasteiger partial charge in [-0.1, -0.05) is 5.11 Å². The molecule has 0 saturated carbocycles. The van der Waals surface area contributed by atoms with E-state index < -0.39 is 0 Å². The van der Waals surface area contributed by atoms with Gasteiger partial charge in [0.1, 0.15) is 12.4 Å². The summed E-state index contributed by atoms with van der Waals surface area (Å²) in [5.74, 6) is 0.824. The van der Waals surface area contributed by atoms with Gasteiger partial charge >= 0.3 is 0 Å². The molecule has 2 radical (unpaired) electrons. The fourth-order valence-corrected chi connectivity index (χ4v) is 2.91. The van der Waals surface area contributed by atoms with Crippen molar-refractivity contribution < 1.29 is 18.9 Å². The summed E-state index contributed by atoms with van der Waals surface area (Å²) in [6.07, 6.45) is 0. The first-order valence-electron chi connectivity index (χ1n) is 10.4. The van der Waals surface area contributed by atoms with Crippen LogP contribution in [0.2, 0.25) is 0 Å². The van der Waals surface area contributed by atoms with Crippen molar-refractivity contribution in [2.75, 3.05) is 62.6 Å². The van der Waals surface area contributed by atoms with Crippen LogP contribution in [0, 0.1) is 6.67 Å². The summed E-state index contributed by atoms with van der Waals surface area (Å²) in [5.41, 5.74) is 10.4. The number of hydrogen-bond donors (Lipinski definition) is 0. The molecule has 0 unspecified atom stereocenters. The van der Waals surface area contributed by atoms with Crippen molar-refractivity contribution in [3.8, 4) is 5.75 Å². The molecule has 0 amide bonds. The monoisotopic (exact) mass is 419 g/mol. The highest BCUT2D eigenvalue weighted by Gasteiger charge is 2.31. The van der Waals surface area contributed by atoms with Gasteiger partial charge in [-0.3, -0.25) is 0 Å². The maximum absolute atomic E-state index is 8.14. The van der Waals surface area contributed by atoms with E-state index in [4.69, 9.17) is 24.5 Å².